The van der Waals surface area contributed by atoms with E-state index in [1.54, 1.807) is 24.3 Å². The van der Waals surface area contributed by atoms with E-state index >= 15 is 0 Å². The van der Waals surface area contributed by atoms with Crippen LogP contribution in [0.2, 0.25) is 5.02 Å². The topological polar surface area (TPSA) is 69.6 Å². The quantitative estimate of drug-likeness (QED) is 0.729. The average Bonchev–Trinajstić information content (AvgIpc) is 2.28. The molecule has 0 aliphatic rings. The van der Waals surface area contributed by atoms with Gasteiger partial charge in [-0.15, -0.1) is 0 Å². The molecule has 0 saturated carbocycles. The number of amides is 1. The van der Waals surface area contributed by atoms with Gasteiger partial charge in [0, 0.05) is 5.02 Å². The van der Waals surface area contributed by atoms with Gasteiger partial charge < -0.3 is 15.5 Å². The van der Waals surface area contributed by atoms with Crippen molar-refractivity contribution in [3.8, 4) is 0 Å². The number of aliphatic hydroxyl groups excluding tert-OH is 2. The van der Waals surface area contributed by atoms with Crippen molar-refractivity contribution < 1.29 is 15.0 Å². The third kappa shape index (κ3) is 4.73. The van der Waals surface area contributed by atoms with Crippen LogP contribution in [0.1, 0.15) is 12.5 Å². The molecule has 0 aliphatic heterocycles. The lowest BCUT2D eigenvalue weighted by molar-refractivity contribution is -0.122. The van der Waals surface area contributed by atoms with Crippen molar-refractivity contribution in [2.45, 2.75) is 25.5 Å². The SMILES string of the molecule is C[C@@H](O)[C@@H](CO)NC(=O)Cc1ccc(Cl)cc1. The van der Waals surface area contributed by atoms with Gasteiger partial charge in [-0.2, -0.15) is 0 Å². The third-order valence-electron chi connectivity index (χ3n) is 2.40. The minimum Gasteiger partial charge on any atom is -0.394 e. The summed E-state index contributed by atoms with van der Waals surface area (Å²) in [6.07, 6.45) is -0.588. The van der Waals surface area contributed by atoms with Gasteiger partial charge in [0.15, 0.2) is 0 Å². The Balaban J connectivity index is 2.52. The predicted molar refractivity (Wildman–Crippen MR) is 65.9 cm³/mol. The molecular weight excluding hydrogens is 242 g/mol. The van der Waals surface area contributed by atoms with Gasteiger partial charge in [-0.1, -0.05) is 23.7 Å². The summed E-state index contributed by atoms with van der Waals surface area (Å²) >= 11 is 5.73. The first kappa shape index (κ1) is 14.0. The molecule has 5 heteroatoms. The molecule has 0 heterocycles. The molecule has 2 atom stereocenters. The van der Waals surface area contributed by atoms with Crippen LogP contribution in [0.5, 0.6) is 0 Å². The molecule has 1 rings (SSSR count). The molecule has 3 N–H and O–H groups in total. The molecule has 1 aromatic carbocycles. The third-order valence-corrected chi connectivity index (χ3v) is 2.66. The van der Waals surface area contributed by atoms with Crippen LogP contribution in [-0.4, -0.2) is 34.9 Å². The number of nitrogens with one attached hydrogen (secondary N) is 1. The summed E-state index contributed by atoms with van der Waals surface area (Å²) in [7, 11) is 0. The molecule has 17 heavy (non-hydrogen) atoms. The van der Waals surface area contributed by atoms with E-state index in [9.17, 15) is 9.90 Å². The van der Waals surface area contributed by atoms with Crippen LogP contribution in [0.15, 0.2) is 24.3 Å². The van der Waals surface area contributed by atoms with E-state index in [0.29, 0.717) is 5.02 Å². The summed E-state index contributed by atoms with van der Waals surface area (Å²) < 4.78 is 0. The minimum absolute atomic E-state index is 0.195. The Kier molecular flexibility index (Phi) is 5.41. The van der Waals surface area contributed by atoms with Crippen LogP contribution in [0.4, 0.5) is 0 Å². The van der Waals surface area contributed by atoms with E-state index in [-0.39, 0.29) is 18.9 Å². The van der Waals surface area contributed by atoms with Gasteiger partial charge in [-0.05, 0) is 24.6 Å². The van der Waals surface area contributed by atoms with Crippen molar-refractivity contribution in [3.63, 3.8) is 0 Å². The Morgan fingerprint density at radius 3 is 2.47 bits per heavy atom. The second-order valence-corrected chi connectivity index (χ2v) is 4.34. The summed E-state index contributed by atoms with van der Waals surface area (Å²) in [4.78, 5) is 11.6. The highest BCUT2D eigenvalue weighted by Crippen LogP contribution is 2.09. The first-order chi connectivity index (χ1) is 8.02. The molecule has 0 aliphatic carbocycles. The van der Waals surface area contributed by atoms with Gasteiger partial charge >= 0.3 is 0 Å². The maximum absolute atomic E-state index is 11.6. The molecule has 0 fully saturated rings. The van der Waals surface area contributed by atoms with Crippen LogP contribution in [0, 0.1) is 0 Å². The number of hydrogen-bond donors (Lipinski definition) is 3. The summed E-state index contributed by atoms with van der Waals surface area (Å²) in [5.41, 5.74) is 0.828. The zero-order valence-electron chi connectivity index (χ0n) is 9.56. The molecule has 1 amide bonds. The summed E-state index contributed by atoms with van der Waals surface area (Å²) in [5.74, 6) is -0.243. The highest BCUT2D eigenvalue weighted by molar-refractivity contribution is 6.30. The Hall–Kier alpha value is -1.10. The fraction of sp³-hybridized carbons (Fsp3) is 0.417. The number of benzene rings is 1. The van der Waals surface area contributed by atoms with Crippen molar-refractivity contribution >= 4 is 17.5 Å². The minimum atomic E-state index is -0.783. The van der Waals surface area contributed by atoms with Crippen molar-refractivity contribution in [2.75, 3.05) is 6.61 Å². The van der Waals surface area contributed by atoms with Gasteiger partial charge in [-0.3, -0.25) is 4.79 Å². The van der Waals surface area contributed by atoms with Gasteiger partial charge in [-0.25, -0.2) is 0 Å². The highest BCUT2D eigenvalue weighted by atomic mass is 35.5. The fourth-order valence-electron chi connectivity index (χ4n) is 1.36. The molecule has 94 valence electrons. The van der Waals surface area contributed by atoms with Crippen molar-refractivity contribution in [1.82, 2.24) is 5.32 Å². The van der Waals surface area contributed by atoms with Crippen LogP contribution in [0.3, 0.4) is 0 Å². The predicted octanol–water partition coefficient (Wildman–Crippen LogP) is 0.740. The zero-order valence-corrected chi connectivity index (χ0v) is 10.3. The largest absolute Gasteiger partial charge is 0.394 e. The van der Waals surface area contributed by atoms with Crippen LogP contribution < -0.4 is 5.32 Å². The Bertz CT molecular complexity index is 365. The summed E-state index contributed by atoms with van der Waals surface area (Å²) in [5, 5.41) is 21.4. The Morgan fingerprint density at radius 1 is 1.41 bits per heavy atom. The lowest BCUT2D eigenvalue weighted by Crippen LogP contribution is -2.45. The molecule has 0 aromatic heterocycles. The smallest absolute Gasteiger partial charge is 0.224 e. The summed E-state index contributed by atoms with van der Waals surface area (Å²) in [6.45, 7) is 1.23. The molecule has 0 saturated heterocycles. The van der Waals surface area contributed by atoms with Gasteiger partial charge in [0.2, 0.25) is 5.91 Å². The molecular formula is C12H16ClNO3. The zero-order chi connectivity index (χ0) is 12.8. The number of hydrogen-bond acceptors (Lipinski definition) is 3. The van der Waals surface area contributed by atoms with E-state index in [1.807, 2.05) is 0 Å². The van der Waals surface area contributed by atoms with Gasteiger partial charge in [0.1, 0.15) is 0 Å². The molecule has 1 aromatic rings. The molecule has 0 unspecified atom stereocenters. The second-order valence-electron chi connectivity index (χ2n) is 3.90. The van der Waals surface area contributed by atoms with Gasteiger partial charge in [0.25, 0.3) is 0 Å². The Labute approximate surface area is 105 Å². The van der Waals surface area contributed by atoms with Crippen molar-refractivity contribution in [3.05, 3.63) is 34.9 Å². The molecule has 4 nitrogen and oxygen atoms in total. The highest BCUT2D eigenvalue weighted by Gasteiger charge is 2.16. The standard InChI is InChI=1S/C12H16ClNO3/c1-8(16)11(7-15)14-12(17)6-9-2-4-10(13)5-3-9/h2-5,8,11,15-16H,6-7H2,1H3,(H,14,17)/t8-,11-/m1/s1. The second kappa shape index (κ2) is 6.59. The number of carbonyl (C=O) groups is 1. The van der Waals surface area contributed by atoms with Crippen molar-refractivity contribution in [1.29, 1.82) is 0 Å². The summed E-state index contributed by atoms with van der Waals surface area (Å²) in [6, 6.07) is 6.32. The first-order valence-corrected chi connectivity index (χ1v) is 5.73. The number of halogens is 1. The van der Waals surface area contributed by atoms with E-state index in [4.69, 9.17) is 16.7 Å². The number of rotatable bonds is 5. The van der Waals surface area contributed by atoms with E-state index in [1.165, 1.54) is 6.92 Å². The Morgan fingerprint density at radius 2 is 2.00 bits per heavy atom. The van der Waals surface area contributed by atoms with E-state index in [0.717, 1.165) is 5.56 Å². The van der Waals surface area contributed by atoms with E-state index in [2.05, 4.69) is 5.32 Å². The molecule has 0 spiro atoms. The maximum Gasteiger partial charge on any atom is 0.224 e. The average molecular weight is 258 g/mol. The lowest BCUT2D eigenvalue weighted by atomic mass is 10.1. The van der Waals surface area contributed by atoms with Crippen LogP contribution >= 0.6 is 11.6 Å². The molecule has 0 radical (unpaired) electrons. The molecule has 0 bridgehead atoms. The lowest BCUT2D eigenvalue weighted by Gasteiger charge is -2.18. The normalized spacial score (nSPS) is 14.1. The fourth-order valence-corrected chi connectivity index (χ4v) is 1.49. The van der Waals surface area contributed by atoms with Crippen LogP contribution in [-0.2, 0) is 11.2 Å². The van der Waals surface area contributed by atoms with Crippen LogP contribution in [0.25, 0.3) is 0 Å². The van der Waals surface area contributed by atoms with E-state index < -0.39 is 12.1 Å². The first-order valence-electron chi connectivity index (χ1n) is 5.35. The number of carbonyl (C=O) groups excluding carboxylic acids is 1. The van der Waals surface area contributed by atoms with Gasteiger partial charge in [0.05, 0.1) is 25.2 Å². The number of aliphatic hydroxyl groups is 2. The van der Waals surface area contributed by atoms with Crippen molar-refractivity contribution in [2.24, 2.45) is 0 Å². The maximum atomic E-state index is 11.6. The monoisotopic (exact) mass is 257 g/mol.